The Hall–Kier alpha value is -3.20. The zero-order valence-electron chi connectivity index (χ0n) is 10.1. The zero-order valence-corrected chi connectivity index (χ0v) is 10.1. The first-order chi connectivity index (χ1) is 9.54. The van der Waals surface area contributed by atoms with Crippen LogP contribution in [0.5, 0.6) is 0 Å². The molecule has 6 nitrogen and oxygen atoms in total. The summed E-state index contributed by atoms with van der Waals surface area (Å²) < 4.78 is 0. The molecule has 0 bridgehead atoms. The Labute approximate surface area is 113 Å². The van der Waals surface area contributed by atoms with Crippen molar-refractivity contribution in [2.45, 2.75) is 0 Å². The Morgan fingerprint density at radius 2 is 1.85 bits per heavy atom. The van der Waals surface area contributed by atoms with Gasteiger partial charge in [-0.15, -0.1) is 0 Å². The molecule has 0 fully saturated rings. The molecule has 0 aliphatic rings. The molecule has 0 amide bonds. The van der Waals surface area contributed by atoms with E-state index in [2.05, 4.69) is 0 Å². The van der Waals surface area contributed by atoms with E-state index < -0.39 is 10.9 Å². The molecule has 2 aromatic carbocycles. The highest BCUT2D eigenvalue weighted by atomic mass is 16.6. The molecule has 0 aliphatic heterocycles. The molecule has 0 spiro atoms. The highest BCUT2D eigenvalue weighted by Gasteiger charge is 2.14. The van der Waals surface area contributed by atoms with Crippen molar-refractivity contribution in [2.24, 2.45) is 0 Å². The second kappa shape index (κ2) is 5.20. The van der Waals surface area contributed by atoms with E-state index in [9.17, 15) is 20.0 Å². The monoisotopic (exact) mass is 267 g/mol. The van der Waals surface area contributed by atoms with Gasteiger partial charge in [-0.25, -0.2) is 0 Å². The third-order valence-corrected chi connectivity index (χ3v) is 2.77. The normalized spacial score (nSPS) is 9.75. The molecular formula is C14H7N2O4-. The zero-order chi connectivity index (χ0) is 14.7. The van der Waals surface area contributed by atoms with Crippen LogP contribution in [0.15, 0.2) is 42.5 Å². The number of non-ortho nitro benzene ring substituents is 1. The Balaban J connectivity index is 2.72. The Morgan fingerprint density at radius 1 is 1.15 bits per heavy atom. The number of nitro groups is 1. The van der Waals surface area contributed by atoms with E-state index in [1.54, 1.807) is 18.2 Å². The van der Waals surface area contributed by atoms with Crippen LogP contribution >= 0.6 is 0 Å². The minimum Gasteiger partial charge on any atom is -0.545 e. The molecular weight excluding hydrogens is 260 g/mol. The molecule has 98 valence electrons. The second-order valence-corrected chi connectivity index (χ2v) is 3.93. The third-order valence-electron chi connectivity index (χ3n) is 2.77. The maximum atomic E-state index is 11.2. The van der Waals surface area contributed by atoms with Crippen molar-refractivity contribution in [2.75, 3.05) is 0 Å². The summed E-state index contributed by atoms with van der Waals surface area (Å²) in [6.45, 7) is 0. The van der Waals surface area contributed by atoms with Gasteiger partial charge in [-0.3, -0.25) is 10.1 Å². The molecule has 2 aromatic rings. The van der Waals surface area contributed by atoms with Crippen molar-refractivity contribution in [1.29, 1.82) is 5.26 Å². The van der Waals surface area contributed by atoms with Crippen LogP contribution in [0.1, 0.15) is 15.9 Å². The van der Waals surface area contributed by atoms with Gasteiger partial charge in [-0.05, 0) is 17.7 Å². The SMILES string of the molecule is N#Cc1ccccc1-c1ccc([N+](=O)[O-])cc1C(=O)[O-]. The lowest BCUT2D eigenvalue weighted by atomic mass is 9.95. The number of carboxylic acids is 1. The van der Waals surface area contributed by atoms with Crippen LogP contribution in [0.2, 0.25) is 0 Å². The van der Waals surface area contributed by atoms with E-state index in [1.807, 2.05) is 6.07 Å². The molecule has 20 heavy (non-hydrogen) atoms. The molecule has 0 saturated heterocycles. The summed E-state index contributed by atoms with van der Waals surface area (Å²) in [4.78, 5) is 21.2. The van der Waals surface area contributed by atoms with E-state index in [0.717, 1.165) is 6.07 Å². The smallest absolute Gasteiger partial charge is 0.270 e. The number of carbonyl (C=O) groups is 1. The quantitative estimate of drug-likeness (QED) is 0.618. The minimum absolute atomic E-state index is 0.216. The van der Waals surface area contributed by atoms with Gasteiger partial charge in [0, 0.05) is 23.3 Å². The van der Waals surface area contributed by atoms with Crippen LogP contribution in [0.25, 0.3) is 11.1 Å². The van der Waals surface area contributed by atoms with E-state index in [4.69, 9.17) is 5.26 Å². The van der Waals surface area contributed by atoms with Crippen LogP contribution in [0, 0.1) is 21.4 Å². The summed E-state index contributed by atoms with van der Waals surface area (Å²) in [6.07, 6.45) is 0. The topological polar surface area (TPSA) is 107 Å². The van der Waals surface area contributed by atoms with Crippen LogP contribution in [0.3, 0.4) is 0 Å². The fourth-order valence-corrected chi connectivity index (χ4v) is 1.87. The number of carboxylic acid groups (broad SMARTS) is 1. The van der Waals surface area contributed by atoms with Gasteiger partial charge in [0.1, 0.15) is 0 Å². The first-order valence-electron chi connectivity index (χ1n) is 5.54. The average molecular weight is 267 g/mol. The summed E-state index contributed by atoms with van der Waals surface area (Å²) >= 11 is 0. The Morgan fingerprint density at radius 3 is 2.45 bits per heavy atom. The third kappa shape index (κ3) is 2.33. The molecule has 0 heterocycles. The lowest BCUT2D eigenvalue weighted by Crippen LogP contribution is -2.23. The van der Waals surface area contributed by atoms with Gasteiger partial charge in [0.2, 0.25) is 0 Å². The molecule has 0 aliphatic carbocycles. The Kier molecular flexibility index (Phi) is 3.44. The number of hydrogen-bond donors (Lipinski definition) is 0. The van der Waals surface area contributed by atoms with E-state index in [1.165, 1.54) is 18.2 Å². The van der Waals surface area contributed by atoms with Gasteiger partial charge in [0.15, 0.2) is 0 Å². The summed E-state index contributed by atoms with van der Waals surface area (Å²) in [7, 11) is 0. The molecule has 2 rings (SSSR count). The van der Waals surface area contributed by atoms with Gasteiger partial charge >= 0.3 is 0 Å². The maximum absolute atomic E-state index is 11.2. The Bertz CT molecular complexity index is 747. The first-order valence-corrected chi connectivity index (χ1v) is 5.54. The minimum atomic E-state index is -1.53. The number of nitrogens with zero attached hydrogens (tertiary/aromatic N) is 2. The largest absolute Gasteiger partial charge is 0.545 e. The number of rotatable bonds is 3. The first kappa shape index (κ1) is 13.2. The number of benzene rings is 2. The van der Waals surface area contributed by atoms with Crippen molar-refractivity contribution in [1.82, 2.24) is 0 Å². The maximum Gasteiger partial charge on any atom is 0.270 e. The number of aromatic carboxylic acids is 1. The number of nitro benzene ring substituents is 1. The summed E-state index contributed by atoms with van der Waals surface area (Å²) in [5.74, 6) is -1.53. The standard InChI is InChI=1S/C14H8N2O4/c15-8-9-3-1-2-4-11(9)12-6-5-10(16(19)20)7-13(12)14(17)18/h1-7H,(H,17,18)/p-1. The molecule has 0 N–H and O–H groups in total. The van der Waals surface area contributed by atoms with Gasteiger partial charge in [0.25, 0.3) is 5.69 Å². The number of nitriles is 1. The molecule has 0 aromatic heterocycles. The van der Waals surface area contributed by atoms with Crippen LogP contribution in [-0.4, -0.2) is 10.9 Å². The lowest BCUT2D eigenvalue weighted by molar-refractivity contribution is -0.385. The van der Waals surface area contributed by atoms with Gasteiger partial charge in [-0.1, -0.05) is 18.2 Å². The van der Waals surface area contributed by atoms with Crippen molar-refractivity contribution in [3.8, 4) is 17.2 Å². The summed E-state index contributed by atoms with van der Waals surface area (Å²) in [5.41, 5.74) is 0.227. The second-order valence-electron chi connectivity index (χ2n) is 3.93. The van der Waals surface area contributed by atoms with Crippen molar-refractivity contribution >= 4 is 11.7 Å². The molecule has 0 atom stereocenters. The highest BCUT2D eigenvalue weighted by Crippen LogP contribution is 2.29. The fraction of sp³-hybridized carbons (Fsp3) is 0. The van der Waals surface area contributed by atoms with Gasteiger partial charge in [-0.2, -0.15) is 5.26 Å². The van der Waals surface area contributed by atoms with Crippen LogP contribution in [-0.2, 0) is 0 Å². The van der Waals surface area contributed by atoms with E-state index in [-0.39, 0.29) is 22.4 Å². The number of carbonyl (C=O) groups excluding carboxylic acids is 1. The number of hydrogen-bond acceptors (Lipinski definition) is 5. The molecule has 0 radical (unpaired) electrons. The summed E-state index contributed by atoms with van der Waals surface area (Å²) in [6, 6.07) is 11.8. The molecule has 0 saturated carbocycles. The fourth-order valence-electron chi connectivity index (χ4n) is 1.87. The lowest BCUT2D eigenvalue weighted by Gasteiger charge is -2.11. The van der Waals surface area contributed by atoms with Crippen LogP contribution in [0.4, 0.5) is 5.69 Å². The van der Waals surface area contributed by atoms with Gasteiger partial charge in [0.05, 0.1) is 22.5 Å². The predicted molar refractivity (Wildman–Crippen MR) is 67.6 cm³/mol. The van der Waals surface area contributed by atoms with Crippen molar-refractivity contribution < 1.29 is 14.8 Å². The summed E-state index contributed by atoms with van der Waals surface area (Å²) in [5, 5.41) is 30.9. The predicted octanol–water partition coefficient (Wildman–Crippen LogP) is 1.50. The van der Waals surface area contributed by atoms with Crippen LogP contribution < -0.4 is 5.11 Å². The average Bonchev–Trinajstić information content (AvgIpc) is 2.46. The van der Waals surface area contributed by atoms with Crippen molar-refractivity contribution in [3.05, 3.63) is 63.7 Å². The molecule has 0 unspecified atom stereocenters. The molecule has 6 heteroatoms. The van der Waals surface area contributed by atoms with Gasteiger partial charge < -0.3 is 9.90 Å². The van der Waals surface area contributed by atoms with E-state index >= 15 is 0 Å². The highest BCUT2D eigenvalue weighted by molar-refractivity contribution is 5.96. The van der Waals surface area contributed by atoms with E-state index in [0.29, 0.717) is 5.56 Å². The van der Waals surface area contributed by atoms with Crippen molar-refractivity contribution in [3.63, 3.8) is 0 Å².